The minimum atomic E-state index is -0.941. The van der Waals surface area contributed by atoms with Gasteiger partial charge in [0.05, 0.1) is 6.04 Å². The highest BCUT2D eigenvalue weighted by molar-refractivity contribution is 14.1. The monoisotopic (exact) mass is 435 g/mol. The van der Waals surface area contributed by atoms with Crippen molar-refractivity contribution in [1.82, 2.24) is 4.90 Å². The molecule has 1 N–H and O–H groups in total. The number of carboxylic acids is 1. The first-order valence-corrected chi connectivity index (χ1v) is 8.93. The van der Waals surface area contributed by atoms with Crippen LogP contribution in [-0.4, -0.2) is 27.9 Å². The number of carboxylic acid groups (broad SMARTS) is 1. The van der Waals surface area contributed by atoms with Crippen LogP contribution in [0.4, 0.5) is 0 Å². The van der Waals surface area contributed by atoms with E-state index in [4.69, 9.17) is 0 Å². The van der Waals surface area contributed by atoms with Crippen LogP contribution >= 0.6 is 22.6 Å². The summed E-state index contributed by atoms with van der Waals surface area (Å²) in [4.78, 5) is 26.3. The highest BCUT2D eigenvalue weighted by atomic mass is 127. The van der Waals surface area contributed by atoms with E-state index in [0.29, 0.717) is 18.4 Å². The molecule has 2 aromatic rings. The SMILES string of the molecule is Cc1cc(I)cc(C(=O)N2[C@@H](C(=O)O)CC[C@H]2c2ccccc2)c1. The summed E-state index contributed by atoms with van der Waals surface area (Å²) in [5.74, 6) is -1.15. The van der Waals surface area contributed by atoms with Gasteiger partial charge in [-0.15, -0.1) is 0 Å². The van der Waals surface area contributed by atoms with Gasteiger partial charge in [-0.1, -0.05) is 30.3 Å². The molecule has 1 aliphatic heterocycles. The van der Waals surface area contributed by atoms with Gasteiger partial charge in [0, 0.05) is 9.13 Å². The zero-order valence-corrected chi connectivity index (χ0v) is 15.4. The number of benzene rings is 2. The first-order chi connectivity index (χ1) is 11.5. The number of carbonyl (C=O) groups excluding carboxylic acids is 1. The molecule has 0 aliphatic carbocycles. The van der Waals surface area contributed by atoms with Gasteiger partial charge in [0.15, 0.2) is 0 Å². The highest BCUT2D eigenvalue weighted by Gasteiger charge is 2.41. The number of rotatable bonds is 3. The van der Waals surface area contributed by atoms with Crippen molar-refractivity contribution in [2.24, 2.45) is 0 Å². The molecular formula is C19H18INO3. The zero-order valence-electron chi connectivity index (χ0n) is 13.3. The predicted molar refractivity (Wildman–Crippen MR) is 99.9 cm³/mol. The van der Waals surface area contributed by atoms with Crippen LogP contribution in [0.2, 0.25) is 0 Å². The maximum absolute atomic E-state index is 13.1. The molecular weight excluding hydrogens is 417 g/mol. The fraction of sp³-hybridized carbons (Fsp3) is 0.263. The van der Waals surface area contributed by atoms with Crippen molar-refractivity contribution in [2.45, 2.75) is 31.8 Å². The fourth-order valence-electron chi connectivity index (χ4n) is 3.35. The molecule has 2 aromatic carbocycles. The second kappa shape index (κ2) is 6.93. The highest BCUT2D eigenvalue weighted by Crippen LogP contribution is 2.37. The number of amides is 1. The van der Waals surface area contributed by atoms with Gasteiger partial charge in [-0.25, -0.2) is 4.79 Å². The molecule has 0 radical (unpaired) electrons. The summed E-state index contributed by atoms with van der Waals surface area (Å²) < 4.78 is 0.971. The molecule has 0 bridgehead atoms. The Morgan fingerprint density at radius 3 is 2.46 bits per heavy atom. The summed E-state index contributed by atoms with van der Waals surface area (Å²) >= 11 is 2.18. The second-order valence-corrected chi connectivity index (χ2v) is 7.33. The normalized spacial score (nSPS) is 20.2. The van der Waals surface area contributed by atoms with Crippen molar-refractivity contribution in [1.29, 1.82) is 0 Å². The number of likely N-dealkylation sites (tertiary alicyclic amines) is 1. The number of aryl methyl sites for hydroxylation is 1. The van der Waals surface area contributed by atoms with Crippen molar-refractivity contribution in [3.8, 4) is 0 Å². The van der Waals surface area contributed by atoms with Crippen LogP contribution in [0.25, 0.3) is 0 Å². The quantitative estimate of drug-likeness (QED) is 0.741. The maximum Gasteiger partial charge on any atom is 0.326 e. The summed E-state index contributed by atoms with van der Waals surface area (Å²) in [7, 11) is 0. The lowest BCUT2D eigenvalue weighted by atomic mass is 10.0. The minimum Gasteiger partial charge on any atom is -0.480 e. The van der Waals surface area contributed by atoms with Gasteiger partial charge in [0.25, 0.3) is 5.91 Å². The van der Waals surface area contributed by atoms with Crippen molar-refractivity contribution in [3.05, 3.63) is 68.8 Å². The van der Waals surface area contributed by atoms with Gasteiger partial charge in [0.1, 0.15) is 6.04 Å². The Kier molecular flexibility index (Phi) is 4.89. The summed E-state index contributed by atoms with van der Waals surface area (Å²) in [6.07, 6.45) is 1.14. The topological polar surface area (TPSA) is 57.6 Å². The predicted octanol–water partition coefficient (Wildman–Crippen LogP) is 4.03. The van der Waals surface area contributed by atoms with Gasteiger partial charge in [0.2, 0.25) is 0 Å². The number of carbonyl (C=O) groups is 2. The number of halogens is 1. The molecule has 0 spiro atoms. The van der Waals surface area contributed by atoms with E-state index in [-0.39, 0.29) is 11.9 Å². The van der Waals surface area contributed by atoms with Crippen LogP contribution in [0.1, 0.15) is 40.4 Å². The van der Waals surface area contributed by atoms with Crippen LogP contribution in [0, 0.1) is 10.5 Å². The lowest BCUT2D eigenvalue weighted by molar-refractivity contribution is -0.141. The van der Waals surface area contributed by atoms with Gasteiger partial charge in [-0.05, 0) is 71.7 Å². The van der Waals surface area contributed by atoms with Gasteiger partial charge < -0.3 is 10.0 Å². The first kappa shape index (κ1) is 17.0. The van der Waals surface area contributed by atoms with Crippen molar-refractivity contribution < 1.29 is 14.7 Å². The zero-order chi connectivity index (χ0) is 17.3. The molecule has 1 fully saturated rings. The molecule has 24 heavy (non-hydrogen) atoms. The first-order valence-electron chi connectivity index (χ1n) is 7.85. The Morgan fingerprint density at radius 2 is 1.83 bits per heavy atom. The number of hydrogen-bond donors (Lipinski definition) is 1. The van der Waals surface area contributed by atoms with E-state index in [9.17, 15) is 14.7 Å². The Hall–Kier alpha value is -1.89. The largest absolute Gasteiger partial charge is 0.480 e. The molecule has 5 heteroatoms. The molecule has 1 amide bonds. The molecule has 4 nitrogen and oxygen atoms in total. The van der Waals surface area contributed by atoms with Crippen molar-refractivity contribution >= 4 is 34.5 Å². The molecule has 0 aromatic heterocycles. The third-order valence-electron chi connectivity index (χ3n) is 4.38. The minimum absolute atomic E-state index is 0.196. The van der Waals surface area contributed by atoms with Crippen LogP contribution < -0.4 is 0 Å². The molecule has 1 heterocycles. The average Bonchev–Trinajstić information content (AvgIpc) is 2.99. The molecule has 1 aliphatic rings. The molecule has 2 atom stereocenters. The van der Waals surface area contributed by atoms with Crippen LogP contribution in [0.15, 0.2) is 48.5 Å². The number of aliphatic carboxylic acids is 1. The summed E-state index contributed by atoms with van der Waals surface area (Å²) in [6.45, 7) is 1.94. The summed E-state index contributed by atoms with van der Waals surface area (Å²) in [6, 6.07) is 14.3. The van der Waals surface area contributed by atoms with Crippen LogP contribution in [0.3, 0.4) is 0 Å². The molecule has 124 valence electrons. The third kappa shape index (κ3) is 3.31. The smallest absolute Gasteiger partial charge is 0.326 e. The van der Waals surface area contributed by atoms with Gasteiger partial charge in [-0.2, -0.15) is 0 Å². The lowest BCUT2D eigenvalue weighted by Gasteiger charge is -2.29. The second-order valence-electron chi connectivity index (χ2n) is 6.09. The Labute approximate surface area is 154 Å². The third-order valence-corrected chi connectivity index (χ3v) is 5.00. The van der Waals surface area contributed by atoms with Crippen molar-refractivity contribution in [3.63, 3.8) is 0 Å². The van der Waals surface area contributed by atoms with Crippen molar-refractivity contribution in [2.75, 3.05) is 0 Å². The molecule has 3 rings (SSSR count). The van der Waals surface area contributed by atoms with E-state index in [2.05, 4.69) is 22.6 Å². The number of nitrogens with zero attached hydrogens (tertiary/aromatic N) is 1. The molecule has 0 unspecified atom stereocenters. The Bertz CT molecular complexity index is 755. The van der Waals surface area contributed by atoms with E-state index in [1.54, 1.807) is 4.90 Å². The van der Waals surface area contributed by atoms with Gasteiger partial charge >= 0.3 is 5.97 Å². The average molecular weight is 435 g/mol. The Morgan fingerprint density at radius 1 is 1.12 bits per heavy atom. The van der Waals surface area contributed by atoms with E-state index in [0.717, 1.165) is 14.7 Å². The fourth-order valence-corrected chi connectivity index (χ4v) is 4.17. The van der Waals surface area contributed by atoms with E-state index >= 15 is 0 Å². The molecule has 1 saturated heterocycles. The lowest BCUT2D eigenvalue weighted by Crippen LogP contribution is -2.41. The maximum atomic E-state index is 13.1. The van der Waals surface area contributed by atoms with E-state index < -0.39 is 12.0 Å². The van der Waals surface area contributed by atoms with E-state index in [1.165, 1.54) is 0 Å². The van der Waals surface area contributed by atoms with Gasteiger partial charge in [-0.3, -0.25) is 4.79 Å². The summed E-state index contributed by atoms with van der Waals surface area (Å²) in [5, 5.41) is 9.56. The number of hydrogen-bond acceptors (Lipinski definition) is 2. The van der Waals surface area contributed by atoms with Crippen LogP contribution in [-0.2, 0) is 4.79 Å². The van der Waals surface area contributed by atoms with E-state index in [1.807, 2.05) is 55.5 Å². The Balaban J connectivity index is 2.01. The van der Waals surface area contributed by atoms with Crippen LogP contribution in [0.5, 0.6) is 0 Å². The standard InChI is InChI=1S/C19H18INO3/c1-12-9-14(11-15(20)10-12)18(22)21-16(7-8-17(21)19(23)24)13-5-3-2-4-6-13/h2-6,9-11,16-17H,7-8H2,1H3,(H,23,24)/t16-,17+/m0/s1. The molecule has 0 saturated carbocycles. The summed E-state index contributed by atoms with van der Waals surface area (Å²) in [5.41, 5.74) is 2.53.